The summed E-state index contributed by atoms with van der Waals surface area (Å²) in [6, 6.07) is 21.2. The van der Waals surface area contributed by atoms with E-state index in [4.69, 9.17) is 4.98 Å². The van der Waals surface area contributed by atoms with E-state index < -0.39 is 0 Å². The van der Waals surface area contributed by atoms with Gasteiger partial charge < -0.3 is 15.1 Å². The molecule has 150 valence electrons. The van der Waals surface area contributed by atoms with Crippen LogP contribution >= 0.6 is 11.3 Å². The number of piperazine rings is 1. The van der Waals surface area contributed by atoms with Crippen LogP contribution in [0.25, 0.3) is 10.2 Å². The molecule has 0 saturated carbocycles. The lowest BCUT2D eigenvalue weighted by Gasteiger charge is -2.35. The number of fused-ring (bicyclic) bond motifs is 1. The Labute approximate surface area is 178 Å². The van der Waals surface area contributed by atoms with Gasteiger partial charge in [-0.05, 0) is 42.5 Å². The Morgan fingerprint density at radius 1 is 0.900 bits per heavy atom. The average Bonchev–Trinajstić information content (AvgIpc) is 3.24. The predicted molar refractivity (Wildman–Crippen MR) is 123 cm³/mol. The van der Waals surface area contributed by atoms with Crippen LogP contribution in [0, 0.1) is 0 Å². The minimum Gasteiger partial charge on any atom is -0.353 e. The maximum Gasteiger partial charge on any atom is 0.255 e. The predicted octanol–water partition coefficient (Wildman–Crippen LogP) is 4.27. The normalized spacial score (nSPS) is 14.1. The fourth-order valence-electron chi connectivity index (χ4n) is 3.58. The minimum atomic E-state index is -0.109. The number of aromatic nitrogens is 2. The van der Waals surface area contributed by atoms with Gasteiger partial charge in [0.05, 0.1) is 10.2 Å². The Morgan fingerprint density at radius 3 is 2.43 bits per heavy atom. The van der Waals surface area contributed by atoms with Gasteiger partial charge >= 0.3 is 0 Å². The van der Waals surface area contributed by atoms with Crippen molar-refractivity contribution in [1.82, 2.24) is 9.97 Å². The molecule has 7 heteroatoms. The molecule has 1 saturated heterocycles. The minimum absolute atomic E-state index is 0.109. The zero-order valence-corrected chi connectivity index (χ0v) is 17.2. The summed E-state index contributed by atoms with van der Waals surface area (Å²) < 4.78 is 1.03. The summed E-state index contributed by atoms with van der Waals surface area (Å²) >= 11 is 1.64. The Hall–Kier alpha value is -3.45. The van der Waals surface area contributed by atoms with Gasteiger partial charge in [0.25, 0.3) is 5.91 Å². The van der Waals surface area contributed by atoms with Crippen LogP contribution in [0.4, 0.5) is 16.6 Å². The molecule has 0 bridgehead atoms. The molecular weight excluding hydrogens is 394 g/mol. The first kappa shape index (κ1) is 18.6. The van der Waals surface area contributed by atoms with Crippen molar-refractivity contribution >= 4 is 44.1 Å². The number of carbonyl (C=O) groups excluding carboxylic acids is 1. The summed E-state index contributed by atoms with van der Waals surface area (Å²) in [5.74, 6) is 0.914. The number of nitrogens with one attached hydrogen (secondary N) is 1. The van der Waals surface area contributed by atoms with Crippen LogP contribution in [0.1, 0.15) is 10.4 Å². The molecule has 0 spiro atoms. The van der Waals surface area contributed by atoms with Crippen LogP contribution in [-0.4, -0.2) is 42.1 Å². The van der Waals surface area contributed by atoms with Gasteiger partial charge in [-0.25, -0.2) is 9.97 Å². The van der Waals surface area contributed by atoms with Crippen molar-refractivity contribution in [3.63, 3.8) is 0 Å². The van der Waals surface area contributed by atoms with E-state index in [9.17, 15) is 4.79 Å². The van der Waals surface area contributed by atoms with E-state index >= 15 is 0 Å². The number of para-hydroxylation sites is 1. The first-order chi connectivity index (χ1) is 14.8. The van der Waals surface area contributed by atoms with Gasteiger partial charge in [0.15, 0.2) is 5.13 Å². The second kappa shape index (κ2) is 8.12. The zero-order valence-electron chi connectivity index (χ0n) is 16.4. The molecule has 2 aromatic heterocycles. The molecule has 3 heterocycles. The number of anilines is 3. The first-order valence-electron chi connectivity index (χ1n) is 9.94. The second-order valence-corrected chi connectivity index (χ2v) is 8.17. The number of benzene rings is 2. The van der Waals surface area contributed by atoms with Crippen LogP contribution in [0.3, 0.4) is 0 Å². The van der Waals surface area contributed by atoms with Crippen LogP contribution < -0.4 is 15.1 Å². The van der Waals surface area contributed by atoms with Gasteiger partial charge in [-0.1, -0.05) is 35.6 Å². The number of carbonyl (C=O) groups is 1. The van der Waals surface area contributed by atoms with E-state index in [2.05, 4.69) is 26.2 Å². The summed E-state index contributed by atoms with van der Waals surface area (Å²) in [5.41, 5.74) is 2.36. The van der Waals surface area contributed by atoms with E-state index in [0.717, 1.165) is 53.0 Å². The summed E-state index contributed by atoms with van der Waals surface area (Å²) in [6.07, 6.45) is 1.83. The average molecular weight is 416 g/mol. The third-order valence-electron chi connectivity index (χ3n) is 5.19. The highest BCUT2D eigenvalue weighted by Crippen LogP contribution is 2.30. The Kier molecular flexibility index (Phi) is 5.03. The van der Waals surface area contributed by atoms with Crippen LogP contribution in [0.2, 0.25) is 0 Å². The molecule has 0 atom stereocenters. The number of hydrogen-bond donors (Lipinski definition) is 1. The summed E-state index contributed by atoms with van der Waals surface area (Å²) in [6.45, 7) is 3.63. The largest absolute Gasteiger partial charge is 0.353 e. The molecule has 5 rings (SSSR count). The lowest BCUT2D eigenvalue weighted by Crippen LogP contribution is -2.46. The monoisotopic (exact) mass is 415 g/mol. The lowest BCUT2D eigenvalue weighted by atomic mass is 10.2. The molecule has 1 aliphatic heterocycles. The standard InChI is InChI=1S/C23H21N5OS/c29-22(25-18-6-2-1-3-7-18)17-9-10-19-20(16-17)30-23(26-19)28-14-12-27(13-15-28)21-8-4-5-11-24-21/h1-11,16H,12-15H2,(H,25,29). The second-order valence-electron chi connectivity index (χ2n) is 7.16. The molecule has 0 aliphatic carbocycles. The molecule has 1 aliphatic rings. The smallest absolute Gasteiger partial charge is 0.255 e. The Morgan fingerprint density at radius 2 is 1.67 bits per heavy atom. The highest BCUT2D eigenvalue weighted by Gasteiger charge is 2.21. The number of amides is 1. The first-order valence-corrected chi connectivity index (χ1v) is 10.8. The van der Waals surface area contributed by atoms with E-state index in [0.29, 0.717) is 5.56 Å². The van der Waals surface area contributed by atoms with Crippen LogP contribution in [0.15, 0.2) is 72.9 Å². The maximum atomic E-state index is 12.6. The molecule has 4 aromatic rings. The molecule has 1 amide bonds. The van der Waals surface area contributed by atoms with Gasteiger partial charge in [-0.2, -0.15) is 0 Å². The number of rotatable bonds is 4. The summed E-state index contributed by atoms with van der Waals surface area (Å²) in [4.78, 5) is 26.4. The van der Waals surface area contributed by atoms with Gasteiger partial charge in [0, 0.05) is 43.6 Å². The topological polar surface area (TPSA) is 61.4 Å². The number of nitrogens with zero attached hydrogens (tertiary/aromatic N) is 4. The third kappa shape index (κ3) is 3.84. The van der Waals surface area contributed by atoms with E-state index in [1.807, 2.05) is 66.9 Å². The number of thiazole rings is 1. The van der Waals surface area contributed by atoms with Crippen LogP contribution in [-0.2, 0) is 0 Å². The van der Waals surface area contributed by atoms with Gasteiger partial charge in [-0.15, -0.1) is 0 Å². The highest BCUT2D eigenvalue weighted by atomic mass is 32.1. The SMILES string of the molecule is O=C(Nc1ccccc1)c1ccc2nc(N3CCN(c4ccccn4)CC3)sc2c1. The molecule has 1 N–H and O–H groups in total. The fourth-order valence-corrected chi connectivity index (χ4v) is 4.64. The molecule has 0 radical (unpaired) electrons. The zero-order chi connectivity index (χ0) is 20.3. The molecule has 2 aromatic carbocycles. The Bertz CT molecular complexity index is 1150. The number of pyridine rings is 1. The molecular formula is C23H21N5OS. The molecule has 30 heavy (non-hydrogen) atoms. The van der Waals surface area contributed by atoms with Crippen molar-refractivity contribution < 1.29 is 4.79 Å². The van der Waals surface area contributed by atoms with Crippen molar-refractivity contribution in [3.05, 3.63) is 78.5 Å². The van der Waals surface area contributed by atoms with E-state index in [-0.39, 0.29) is 5.91 Å². The van der Waals surface area contributed by atoms with Crippen molar-refractivity contribution in [2.75, 3.05) is 41.3 Å². The summed E-state index contributed by atoms with van der Waals surface area (Å²) in [7, 11) is 0. The quantitative estimate of drug-likeness (QED) is 0.539. The maximum absolute atomic E-state index is 12.6. The molecule has 0 unspecified atom stereocenters. The molecule has 1 fully saturated rings. The van der Waals surface area contributed by atoms with Gasteiger partial charge in [0.1, 0.15) is 5.82 Å². The third-order valence-corrected chi connectivity index (χ3v) is 6.27. The van der Waals surface area contributed by atoms with Crippen molar-refractivity contribution in [2.24, 2.45) is 0 Å². The lowest BCUT2D eigenvalue weighted by molar-refractivity contribution is 0.102. The van der Waals surface area contributed by atoms with Crippen molar-refractivity contribution in [2.45, 2.75) is 0 Å². The van der Waals surface area contributed by atoms with Crippen molar-refractivity contribution in [3.8, 4) is 0 Å². The number of hydrogen-bond acceptors (Lipinski definition) is 6. The molecule has 6 nitrogen and oxygen atoms in total. The van der Waals surface area contributed by atoms with Crippen molar-refractivity contribution in [1.29, 1.82) is 0 Å². The van der Waals surface area contributed by atoms with Gasteiger partial charge in [0.2, 0.25) is 0 Å². The van der Waals surface area contributed by atoms with Gasteiger partial charge in [-0.3, -0.25) is 4.79 Å². The summed E-state index contributed by atoms with van der Waals surface area (Å²) in [5, 5.41) is 3.94. The van der Waals surface area contributed by atoms with E-state index in [1.54, 1.807) is 11.3 Å². The van der Waals surface area contributed by atoms with Crippen LogP contribution in [0.5, 0.6) is 0 Å². The highest BCUT2D eigenvalue weighted by molar-refractivity contribution is 7.22. The Balaban J connectivity index is 1.29. The van der Waals surface area contributed by atoms with E-state index in [1.165, 1.54) is 0 Å². The fraction of sp³-hybridized carbons (Fsp3) is 0.174.